The van der Waals surface area contributed by atoms with Crippen LogP contribution in [0.25, 0.3) is 4.96 Å². The molecule has 3 aromatic rings. The molecule has 0 unspecified atom stereocenters. The first-order valence-corrected chi connectivity index (χ1v) is 10.4. The summed E-state index contributed by atoms with van der Waals surface area (Å²) in [6.07, 6.45) is 0. The topological polar surface area (TPSA) is 108 Å². The van der Waals surface area contributed by atoms with Crippen LogP contribution < -0.4 is 20.3 Å². The highest BCUT2D eigenvalue weighted by Gasteiger charge is 2.23. The molecule has 0 radical (unpaired) electrons. The number of fused-ring (bicyclic) bond motifs is 1. The first kappa shape index (κ1) is 21.1. The lowest BCUT2D eigenvalue weighted by Crippen LogP contribution is -2.30. The molecule has 2 heterocycles. The van der Waals surface area contributed by atoms with E-state index in [1.807, 2.05) is 20.8 Å². The third-order valence-corrected chi connectivity index (χ3v) is 5.91. The zero-order valence-electron chi connectivity index (χ0n) is 16.7. The van der Waals surface area contributed by atoms with Crippen molar-refractivity contribution in [3.05, 3.63) is 34.2 Å². The number of methoxy groups -OCH3 is 2. The molecule has 3 rings (SSSR count). The average molecular weight is 436 g/mol. The van der Waals surface area contributed by atoms with Crippen molar-refractivity contribution in [2.75, 3.05) is 25.3 Å². The maximum atomic E-state index is 12.6. The van der Waals surface area contributed by atoms with E-state index in [0.29, 0.717) is 32.2 Å². The Balaban J connectivity index is 1.70. The summed E-state index contributed by atoms with van der Waals surface area (Å²) in [5, 5.41) is 15.2. The lowest BCUT2D eigenvalue weighted by molar-refractivity contribution is -0.113. The van der Waals surface area contributed by atoms with Crippen molar-refractivity contribution in [2.24, 2.45) is 0 Å². The lowest BCUT2D eigenvalue weighted by atomic mass is 9.93. The minimum absolute atomic E-state index is 0.127. The molecule has 0 aliphatic heterocycles. The van der Waals surface area contributed by atoms with Crippen molar-refractivity contribution >= 4 is 39.7 Å². The Morgan fingerprint density at radius 3 is 2.59 bits per heavy atom. The molecule has 0 aliphatic carbocycles. The number of ether oxygens (including phenoxy) is 2. The molecular weight excluding hydrogens is 414 g/mol. The van der Waals surface area contributed by atoms with Crippen LogP contribution in [0.3, 0.4) is 0 Å². The Hall–Kier alpha value is -2.66. The molecule has 0 spiro atoms. The first-order chi connectivity index (χ1) is 13.7. The van der Waals surface area contributed by atoms with Gasteiger partial charge in [-0.25, -0.2) is 0 Å². The van der Waals surface area contributed by atoms with Gasteiger partial charge >= 0.3 is 0 Å². The van der Waals surface area contributed by atoms with Crippen LogP contribution in [0.15, 0.2) is 27.3 Å². The van der Waals surface area contributed by atoms with Gasteiger partial charge < -0.3 is 14.8 Å². The minimum atomic E-state index is -0.429. The van der Waals surface area contributed by atoms with Gasteiger partial charge in [-0.15, -0.1) is 15.3 Å². The van der Waals surface area contributed by atoms with Crippen LogP contribution in [0, 0.1) is 0 Å². The predicted molar refractivity (Wildman–Crippen MR) is 113 cm³/mol. The molecule has 0 bridgehead atoms. The number of thioether (sulfide) groups is 1. The fraction of sp³-hybridized carbons (Fsp3) is 0.389. The Morgan fingerprint density at radius 2 is 1.93 bits per heavy atom. The summed E-state index contributed by atoms with van der Waals surface area (Å²) in [5.74, 6) is 1.02. The summed E-state index contributed by atoms with van der Waals surface area (Å²) in [7, 11) is 3.08. The van der Waals surface area contributed by atoms with Crippen LogP contribution in [0.5, 0.6) is 11.5 Å². The standard InChI is InChI=1S/C18H21N5O4S2/c1-18(2,3)14-15(25)23-16(21-20-14)29-17(22-23)28-9-13(24)19-10-6-7-11(26-4)12(8-10)27-5/h6-8H,9H2,1-5H3,(H,19,24). The summed E-state index contributed by atoms with van der Waals surface area (Å²) in [6.45, 7) is 5.68. The summed E-state index contributed by atoms with van der Waals surface area (Å²) >= 11 is 2.44. The number of carbonyl (C=O) groups is 1. The van der Waals surface area contributed by atoms with Crippen LogP contribution in [0.1, 0.15) is 26.5 Å². The molecule has 0 saturated carbocycles. The maximum absolute atomic E-state index is 12.6. The number of nitrogens with zero attached hydrogens (tertiary/aromatic N) is 4. The number of aromatic nitrogens is 4. The van der Waals surface area contributed by atoms with E-state index < -0.39 is 5.41 Å². The normalized spacial score (nSPS) is 11.5. The highest BCUT2D eigenvalue weighted by Crippen LogP contribution is 2.30. The van der Waals surface area contributed by atoms with E-state index >= 15 is 0 Å². The smallest absolute Gasteiger partial charge is 0.297 e. The zero-order chi connectivity index (χ0) is 21.2. The van der Waals surface area contributed by atoms with Crippen molar-refractivity contribution in [3.8, 4) is 11.5 Å². The van der Waals surface area contributed by atoms with Gasteiger partial charge in [0.2, 0.25) is 10.9 Å². The van der Waals surface area contributed by atoms with Crippen LogP contribution in [0.2, 0.25) is 0 Å². The maximum Gasteiger partial charge on any atom is 0.297 e. The van der Waals surface area contributed by atoms with E-state index in [1.54, 1.807) is 25.3 Å². The molecule has 0 aliphatic rings. The van der Waals surface area contributed by atoms with Crippen molar-refractivity contribution in [2.45, 2.75) is 30.5 Å². The molecule has 0 atom stereocenters. The summed E-state index contributed by atoms with van der Waals surface area (Å²) in [5.41, 5.74) is 0.222. The largest absolute Gasteiger partial charge is 0.493 e. The van der Waals surface area contributed by atoms with Crippen LogP contribution in [-0.2, 0) is 10.2 Å². The third kappa shape index (κ3) is 4.67. The Bertz CT molecular complexity index is 1100. The van der Waals surface area contributed by atoms with Gasteiger partial charge in [-0.05, 0) is 12.1 Å². The molecule has 9 nitrogen and oxygen atoms in total. The highest BCUT2D eigenvalue weighted by atomic mass is 32.2. The Labute approximate surface area is 175 Å². The molecule has 2 aromatic heterocycles. The zero-order valence-corrected chi connectivity index (χ0v) is 18.3. The second-order valence-corrected chi connectivity index (χ2v) is 9.25. The molecule has 154 valence electrons. The fourth-order valence-electron chi connectivity index (χ4n) is 2.46. The minimum Gasteiger partial charge on any atom is -0.493 e. The number of amides is 1. The number of nitrogens with one attached hydrogen (secondary N) is 1. The van der Waals surface area contributed by atoms with E-state index in [1.165, 1.54) is 34.7 Å². The van der Waals surface area contributed by atoms with Crippen molar-refractivity contribution in [1.29, 1.82) is 0 Å². The quantitative estimate of drug-likeness (QED) is 0.589. The fourth-order valence-corrected chi connectivity index (χ4v) is 4.14. The summed E-state index contributed by atoms with van der Waals surface area (Å²) in [6, 6.07) is 5.13. The van der Waals surface area contributed by atoms with Crippen molar-refractivity contribution in [3.63, 3.8) is 0 Å². The van der Waals surface area contributed by atoms with Gasteiger partial charge in [-0.3, -0.25) is 9.59 Å². The number of carbonyl (C=O) groups excluding carboxylic acids is 1. The molecule has 1 amide bonds. The molecule has 1 N–H and O–H groups in total. The number of anilines is 1. The van der Waals surface area contributed by atoms with E-state index in [-0.39, 0.29) is 17.2 Å². The second kappa shape index (κ2) is 8.37. The first-order valence-electron chi connectivity index (χ1n) is 8.64. The van der Waals surface area contributed by atoms with Gasteiger partial charge in [-0.1, -0.05) is 43.9 Å². The van der Waals surface area contributed by atoms with E-state index in [4.69, 9.17) is 9.47 Å². The molecule has 11 heteroatoms. The van der Waals surface area contributed by atoms with E-state index in [2.05, 4.69) is 20.6 Å². The number of benzene rings is 1. The molecule has 1 aromatic carbocycles. The Kier molecular flexibility index (Phi) is 6.08. The van der Waals surface area contributed by atoms with E-state index in [0.717, 1.165) is 0 Å². The van der Waals surface area contributed by atoms with Gasteiger partial charge in [-0.2, -0.15) is 4.52 Å². The third-order valence-electron chi connectivity index (χ3n) is 3.88. The van der Waals surface area contributed by atoms with Gasteiger partial charge in [0.05, 0.1) is 20.0 Å². The van der Waals surface area contributed by atoms with Crippen molar-refractivity contribution in [1.82, 2.24) is 19.8 Å². The average Bonchev–Trinajstić information content (AvgIpc) is 3.09. The van der Waals surface area contributed by atoms with E-state index in [9.17, 15) is 9.59 Å². The lowest BCUT2D eigenvalue weighted by Gasteiger charge is -2.14. The van der Waals surface area contributed by atoms with Crippen LogP contribution in [-0.4, -0.2) is 45.7 Å². The molecule has 29 heavy (non-hydrogen) atoms. The SMILES string of the molecule is COc1ccc(NC(=O)CSc2nn3c(=O)c(C(C)(C)C)nnc3s2)cc1OC. The monoisotopic (exact) mass is 435 g/mol. The van der Waals surface area contributed by atoms with Crippen molar-refractivity contribution < 1.29 is 14.3 Å². The van der Waals surface area contributed by atoms with Gasteiger partial charge in [0.15, 0.2) is 15.8 Å². The van der Waals surface area contributed by atoms with Crippen LogP contribution >= 0.6 is 23.1 Å². The predicted octanol–water partition coefficient (Wildman–Crippen LogP) is 2.59. The highest BCUT2D eigenvalue weighted by molar-refractivity contribution is 8.01. The Morgan fingerprint density at radius 1 is 1.21 bits per heavy atom. The molecular formula is C18H21N5O4S2. The second-order valence-electron chi connectivity index (χ2n) is 7.07. The van der Waals surface area contributed by atoms with Gasteiger partial charge in [0.1, 0.15) is 5.69 Å². The van der Waals surface area contributed by atoms with Crippen LogP contribution in [0.4, 0.5) is 5.69 Å². The van der Waals surface area contributed by atoms with Gasteiger partial charge in [0.25, 0.3) is 5.56 Å². The molecule has 0 saturated heterocycles. The molecule has 0 fully saturated rings. The van der Waals surface area contributed by atoms with Gasteiger partial charge in [0, 0.05) is 17.2 Å². The number of rotatable bonds is 6. The number of hydrogen-bond acceptors (Lipinski definition) is 9. The number of hydrogen-bond donors (Lipinski definition) is 1. The summed E-state index contributed by atoms with van der Waals surface area (Å²) < 4.78 is 12.2. The summed E-state index contributed by atoms with van der Waals surface area (Å²) in [4.78, 5) is 25.3.